The minimum absolute atomic E-state index is 0.0745. The first-order valence-corrected chi connectivity index (χ1v) is 24.9. The van der Waals surface area contributed by atoms with Gasteiger partial charge in [0, 0.05) is 0 Å². The van der Waals surface area contributed by atoms with Crippen LogP contribution in [0.15, 0.2) is 103 Å². The van der Waals surface area contributed by atoms with Crippen LogP contribution in [0.5, 0.6) is 0 Å². The lowest BCUT2D eigenvalue weighted by Gasteiger charge is -2.58. The van der Waals surface area contributed by atoms with E-state index in [9.17, 15) is 0 Å². The third kappa shape index (κ3) is 10.00. The van der Waals surface area contributed by atoms with Crippen molar-refractivity contribution in [3.8, 4) is 0 Å². The summed E-state index contributed by atoms with van der Waals surface area (Å²) in [5.41, 5.74) is 5.85. The molecule has 5 nitrogen and oxygen atoms in total. The van der Waals surface area contributed by atoms with Crippen molar-refractivity contribution in [1.82, 2.24) is 0 Å². The number of hydrogen-bond acceptors (Lipinski definition) is 5. The number of rotatable bonds is 17. The fraction of sp³-hybridized carbons (Fsp3) is 0.630. The molecule has 3 aromatic rings. The van der Waals surface area contributed by atoms with Crippen LogP contribution in [0.2, 0.25) is 0 Å². The molecule has 8 rings (SSSR count). The number of fused-ring (bicyclic) bond motifs is 5. The van der Waals surface area contributed by atoms with Crippen LogP contribution in [0.3, 0.4) is 0 Å². The second-order valence-electron chi connectivity index (χ2n) is 20.3. The number of benzene rings is 3. The minimum atomic E-state index is -0.437. The Morgan fingerprint density at radius 3 is 2.00 bits per heavy atom. The summed E-state index contributed by atoms with van der Waals surface area (Å²) < 4.78 is 34.2. The average molecular weight is 929 g/mol. The Labute approximate surface area is 376 Å². The van der Waals surface area contributed by atoms with E-state index in [1.54, 1.807) is 5.57 Å². The zero-order valence-corrected chi connectivity index (χ0v) is 39.3. The highest BCUT2D eigenvalue weighted by Gasteiger charge is 2.59. The Balaban J connectivity index is 0.968. The molecule has 0 unspecified atom stereocenters. The van der Waals surface area contributed by atoms with Crippen LogP contribution < -0.4 is 0 Å². The summed E-state index contributed by atoms with van der Waals surface area (Å²) in [6.45, 7) is 14.6. The van der Waals surface area contributed by atoms with Crippen molar-refractivity contribution >= 4 is 22.6 Å². The molecule has 6 heteroatoms. The fourth-order valence-corrected chi connectivity index (χ4v) is 13.8. The Kier molecular flexibility index (Phi) is 15.0. The van der Waals surface area contributed by atoms with E-state index in [2.05, 4.69) is 142 Å². The maximum Gasteiger partial charge on any atom is 0.172 e. The van der Waals surface area contributed by atoms with E-state index >= 15 is 0 Å². The molecule has 4 fully saturated rings. The molecule has 0 N–H and O–H groups in total. The highest BCUT2D eigenvalue weighted by Crippen LogP contribution is 2.67. The maximum absolute atomic E-state index is 7.17. The van der Waals surface area contributed by atoms with Gasteiger partial charge in [-0.05, 0) is 114 Å². The predicted octanol–water partition coefficient (Wildman–Crippen LogP) is 13.3. The lowest BCUT2D eigenvalue weighted by Crippen LogP contribution is -2.59. The van der Waals surface area contributed by atoms with Crippen molar-refractivity contribution in [2.75, 3.05) is 6.61 Å². The van der Waals surface area contributed by atoms with E-state index in [-0.39, 0.29) is 33.8 Å². The van der Waals surface area contributed by atoms with Crippen molar-refractivity contribution in [2.24, 2.45) is 46.3 Å². The Morgan fingerprint density at radius 2 is 1.35 bits per heavy atom. The largest absolute Gasteiger partial charge is 0.374 e. The molecular formula is C54H73IO5. The van der Waals surface area contributed by atoms with E-state index in [0.717, 1.165) is 65.0 Å². The Bertz CT molecular complexity index is 1800. The van der Waals surface area contributed by atoms with Gasteiger partial charge in [0.25, 0.3) is 0 Å². The van der Waals surface area contributed by atoms with Crippen molar-refractivity contribution in [3.05, 3.63) is 119 Å². The van der Waals surface area contributed by atoms with Crippen LogP contribution in [0.25, 0.3) is 0 Å². The van der Waals surface area contributed by atoms with Gasteiger partial charge in [0.2, 0.25) is 0 Å². The first-order valence-electron chi connectivity index (χ1n) is 23.7. The molecule has 1 heterocycles. The first-order chi connectivity index (χ1) is 29.1. The van der Waals surface area contributed by atoms with Crippen LogP contribution in [0.1, 0.15) is 122 Å². The number of hydrogen-bond donors (Lipinski definition) is 0. The first kappa shape index (κ1) is 44.5. The third-order valence-corrected chi connectivity index (χ3v) is 17.4. The summed E-state index contributed by atoms with van der Waals surface area (Å²) in [5, 5.41) is 0. The van der Waals surface area contributed by atoms with Gasteiger partial charge in [-0.2, -0.15) is 0 Å². The number of allylic oxidation sites excluding steroid dienone is 1. The van der Waals surface area contributed by atoms with E-state index in [0.29, 0.717) is 31.8 Å². The van der Waals surface area contributed by atoms with Crippen LogP contribution in [-0.4, -0.2) is 41.2 Å². The van der Waals surface area contributed by atoms with E-state index in [4.69, 9.17) is 23.7 Å². The Hall–Kier alpha value is -2.07. The minimum Gasteiger partial charge on any atom is -0.374 e. The molecule has 326 valence electrons. The molecule has 13 atom stereocenters. The van der Waals surface area contributed by atoms with Crippen LogP contribution in [0.4, 0.5) is 0 Å². The van der Waals surface area contributed by atoms with Crippen LogP contribution in [0, 0.1) is 46.3 Å². The SMILES string of the molecule is CC(C)CCC[C@@H](C)[C@H]1CC[C@H]2[C@@H]3CC=C4C[C@@H](O[C@@H]5O[C@H](COCc6ccccc6)[C@H](OCc6ccccc6)[C@@H](OCc6ccccc6)[C@H]5I)CC[C@]4(C)[C@H]3CC[C@]12C. The van der Waals surface area contributed by atoms with Crippen molar-refractivity contribution in [1.29, 1.82) is 0 Å². The smallest absolute Gasteiger partial charge is 0.172 e. The zero-order valence-electron chi connectivity index (χ0n) is 37.2. The molecule has 0 bridgehead atoms. The monoisotopic (exact) mass is 928 g/mol. The molecule has 0 spiro atoms. The lowest BCUT2D eigenvalue weighted by molar-refractivity contribution is -0.283. The van der Waals surface area contributed by atoms with Gasteiger partial charge in [-0.15, -0.1) is 0 Å². The van der Waals surface area contributed by atoms with Crippen LogP contribution in [-0.2, 0) is 43.5 Å². The summed E-state index contributed by atoms with van der Waals surface area (Å²) >= 11 is 2.53. The molecule has 0 aromatic heterocycles. The molecule has 1 saturated heterocycles. The van der Waals surface area contributed by atoms with Gasteiger partial charge < -0.3 is 23.7 Å². The van der Waals surface area contributed by atoms with Gasteiger partial charge in [0.15, 0.2) is 6.29 Å². The normalized spacial score (nSPS) is 35.6. The molecule has 3 saturated carbocycles. The van der Waals surface area contributed by atoms with E-state index in [1.165, 1.54) is 57.8 Å². The fourth-order valence-electron chi connectivity index (χ4n) is 12.9. The maximum atomic E-state index is 7.17. The Morgan fingerprint density at radius 1 is 0.717 bits per heavy atom. The average Bonchev–Trinajstić information content (AvgIpc) is 3.62. The second-order valence-corrected chi connectivity index (χ2v) is 21.7. The van der Waals surface area contributed by atoms with Crippen LogP contribution >= 0.6 is 22.6 Å². The van der Waals surface area contributed by atoms with Gasteiger partial charge in [0.1, 0.15) is 18.3 Å². The van der Waals surface area contributed by atoms with Crippen molar-refractivity contribution in [3.63, 3.8) is 0 Å². The molecule has 1 aliphatic heterocycles. The highest BCUT2D eigenvalue weighted by atomic mass is 127. The molecular weight excluding hydrogens is 855 g/mol. The zero-order chi connectivity index (χ0) is 41.7. The summed E-state index contributed by atoms with van der Waals surface area (Å²) in [6.07, 6.45) is 15.8. The second kappa shape index (κ2) is 20.2. The van der Waals surface area contributed by atoms with Gasteiger partial charge in [-0.3, -0.25) is 0 Å². The predicted molar refractivity (Wildman–Crippen MR) is 251 cm³/mol. The standard InChI is InChI=1S/C54H73IO5/c1-37(2)16-15-17-38(3)45-26-27-46-44-25-24-42-32-43(28-30-53(42,4)47(44)29-31-54(45,46)5)59-52-49(55)51(58-35-41-22-13-8-14-23-41)50(57-34-40-20-11-7-12-21-40)48(60-52)36-56-33-39-18-9-6-10-19-39/h6-14,18-24,37-38,43-52H,15-17,25-36H2,1-5H3/t38-,43+,44+,45-,46+,47+,48-,49-,50+,51+,52-,53+,54-/m1/s1. The van der Waals surface area contributed by atoms with Gasteiger partial charge in [-0.1, -0.05) is 179 Å². The number of halogens is 1. The summed E-state index contributed by atoms with van der Waals surface area (Å²) in [7, 11) is 0. The van der Waals surface area contributed by atoms with E-state index < -0.39 is 6.29 Å². The summed E-state index contributed by atoms with van der Waals surface area (Å²) in [6, 6.07) is 31.2. The topological polar surface area (TPSA) is 46.2 Å². The molecule has 5 aliphatic rings. The molecule has 3 aromatic carbocycles. The quantitative estimate of drug-likeness (QED) is 0.0767. The van der Waals surface area contributed by atoms with Gasteiger partial charge in [0.05, 0.1) is 36.5 Å². The highest BCUT2D eigenvalue weighted by molar-refractivity contribution is 14.1. The van der Waals surface area contributed by atoms with Gasteiger partial charge in [-0.25, -0.2) is 0 Å². The number of alkyl halides is 1. The number of ether oxygens (including phenoxy) is 5. The molecule has 0 amide bonds. The molecule has 60 heavy (non-hydrogen) atoms. The third-order valence-electron chi connectivity index (χ3n) is 16.1. The summed E-state index contributed by atoms with van der Waals surface area (Å²) in [4.78, 5) is 0. The summed E-state index contributed by atoms with van der Waals surface area (Å²) in [5.74, 6) is 5.05. The van der Waals surface area contributed by atoms with Gasteiger partial charge >= 0.3 is 0 Å². The van der Waals surface area contributed by atoms with E-state index in [1.807, 2.05) is 12.1 Å². The van der Waals surface area contributed by atoms with Crippen molar-refractivity contribution < 1.29 is 23.7 Å². The lowest BCUT2D eigenvalue weighted by atomic mass is 9.47. The van der Waals surface area contributed by atoms with Crippen molar-refractivity contribution in [2.45, 2.75) is 160 Å². The molecule has 0 radical (unpaired) electrons. The molecule has 4 aliphatic carbocycles.